The molecule has 0 atom stereocenters. The Morgan fingerprint density at radius 1 is 0.741 bits per heavy atom. The van der Waals surface area contributed by atoms with Crippen molar-refractivity contribution >= 4 is 5.97 Å². The Hall–Kier alpha value is 0.0643. The quantitative estimate of drug-likeness (QED) is 0.361. The summed E-state index contributed by atoms with van der Waals surface area (Å²) in [6.45, 7) is 20.6. The molecule has 0 spiro atoms. The van der Waals surface area contributed by atoms with E-state index in [1.165, 1.54) is 5.92 Å². The van der Waals surface area contributed by atoms with Gasteiger partial charge in [-0.05, 0) is 54.4 Å². The van der Waals surface area contributed by atoms with Gasteiger partial charge in [0.25, 0.3) is 0 Å². The van der Waals surface area contributed by atoms with Crippen LogP contribution in [-0.2, 0) is 26.5 Å². The second kappa shape index (κ2) is 33.6. The molecule has 0 aromatic rings. The first-order valence-corrected chi connectivity index (χ1v) is 9.69. The third kappa shape index (κ3) is 149. The van der Waals surface area contributed by atoms with Gasteiger partial charge in [-0.1, -0.05) is 26.7 Å². The van der Waals surface area contributed by atoms with Crippen LogP contribution in [0.3, 0.4) is 0 Å². The van der Waals surface area contributed by atoms with Crippen molar-refractivity contribution in [1.29, 1.82) is 0 Å². The van der Waals surface area contributed by atoms with Gasteiger partial charge < -0.3 is 26.3 Å². The number of aliphatic carboxylic acids is 1. The van der Waals surface area contributed by atoms with E-state index >= 15 is 0 Å². The summed E-state index contributed by atoms with van der Waals surface area (Å²) in [6, 6.07) is 0. The van der Waals surface area contributed by atoms with E-state index in [2.05, 4.69) is 20.8 Å². The SMILES string of the molecule is CC(C)O.CC(C)O.CC(C)O.CCCC(CCC)C(=O)O.C[C-](C)C.[Ti]. The van der Waals surface area contributed by atoms with E-state index in [1.807, 2.05) is 13.8 Å². The molecule has 0 saturated heterocycles. The fourth-order valence-electron chi connectivity index (χ4n) is 1.09. The number of rotatable bonds is 5. The van der Waals surface area contributed by atoms with E-state index in [-0.39, 0.29) is 45.9 Å². The molecule has 0 aromatic heterocycles. The van der Waals surface area contributed by atoms with Crippen LogP contribution in [0.4, 0.5) is 0 Å². The van der Waals surface area contributed by atoms with E-state index < -0.39 is 5.97 Å². The molecule has 0 aliphatic carbocycles. The molecule has 4 N–H and O–H groups in total. The summed E-state index contributed by atoms with van der Waals surface area (Å²) in [6.07, 6.45) is 3.08. The summed E-state index contributed by atoms with van der Waals surface area (Å²) in [5.41, 5.74) is 0. The van der Waals surface area contributed by atoms with Gasteiger partial charge in [-0.25, -0.2) is 0 Å². The zero-order chi connectivity index (χ0) is 22.3. The summed E-state index contributed by atoms with van der Waals surface area (Å²) >= 11 is 0. The van der Waals surface area contributed by atoms with Crippen LogP contribution in [-0.4, -0.2) is 44.7 Å². The van der Waals surface area contributed by atoms with Crippen LogP contribution in [0.25, 0.3) is 0 Å². The summed E-state index contributed by atoms with van der Waals surface area (Å²) in [5.74, 6) is 0.679. The summed E-state index contributed by atoms with van der Waals surface area (Å²) in [5, 5.41) is 32.8. The number of hydrogen-bond donors (Lipinski definition) is 4. The largest absolute Gasteiger partial charge is 0.481 e. The summed E-state index contributed by atoms with van der Waals surface area (Å²) in [4.78, 5) is 10.5. The van der Waals surface area contributed by atoms with Gasteiger partial charge in [0, 0.05) is 40.0 Å². The van der Waals surface area contributed by atoms with Gasteiger partial charge in [-0.15, -0.1) is 0 Å². The molecule has 27 heavy (non-hydrogen) atoms. The first kappa shape index (κ1) is 41.4. The Labute approximate surface area is 184 Å². The van der Waals surface area contributed by atoms with Crippen molar-refractivity contribution in [2.45, 2.75) is 120 Å². The van der Waals surface area contributed by atoms with Crippen molar-refractivity contribution in [2.24, 2.45) is 5.92 Å². The van der Waals surface area contributed by atoms with E-state index in [9.17, 15) is 4.79 Å². The number of aliphatic hydroxyl groups is 3. The number of carboxylic acids is 1. The predicted octanol–water partition coefficient (Wildman–Crippen LogP) is 5.07. The first-order chi connectivity index (χ1) is 11.6. The maximum atomic E-state index is 10.5. The minimum absolute atomic E-state index is 0. The van der Waals surface area contributed by atoms with E-state index in [1.54, 1.807) is 41.5 Å². The Morgan fingerprint density at radius 2 is 0.889 bits per heavy atom. The smallest absolute Gasteiger partial charge is 0.306 e. The molecular weight excluding hydrogens is 380 g/mol. The van der Waals surface area contributed by atoms with Gasteiger partial charge in [0.15, 0.2) is 0 Å². The van der Waals surface area contributed by atoms with Crippen molar-refractivity contribution < 1.29 is 46.9 Å². The first-order valence-electron chi connectivity index (χ1n) is 9.69. The number of carboxylic acid groups (broad SMARTS) is 1. The Morgan fingerprint density at radius 3 is 0.963 bits per heavy atom. The van der Waals surface area contributed by atoms with Crippen LogP contribution in [0.1, 0.15) is 102 Å². The molecule has 0 aliphatic heterocycles. The Bertz CT molecular complexity index is 204. The predicted molar refractivity (Wildman–Crippen MR) is 113 cm³/mol. The second-order valence-corrected chi connectivity index (χ2v) is 7.39. The molecule has 0 unspecified atom stereocenters. The standard InChI is InChI=1S/C8H16O2.C4H9.3C3H8O.Ti/c1-3-5-7(6-4-2)8(9)10;1-4(2)3;3*1-3(2)4;/h7H,3-6H2,1-2H3,(H,9,10);1-3H3;3*3-4H,1-2H3;/q;-1;;;;. The molecule has 6 heteroatoms. The van der Waals surface area contributed by atoms with Crippen LogP contribution < -0.4 is 0 Å². The van der Waals surface area contributed by atoms with Crippen LogP contribution in [0.15, 0.2) is 0 Å². The number of aliphatic hydroxyl groups excluding tert-OH is 3. The van der Waals surface area contributed by atoms with Crippen molar-refractivity contribution in [1.82, 2.24) is 0 Å². The van der Waals surface area contributed by atoms with Crippen molar-refractivity contribution in [2.75, 3.05) is 0 Å². The molecule has 0 bridgehead atoms. The fourth-order valence-corrected chi connectivity index (χ4v) is 1.09. The number of hydrogen-bond acceptors (Lipinski definition) is 4. The van der Waals surface area contributed by atoms with Crippen LogP contribution in [0.2, 0.25) is 0 Å². The molecule has 0 radical (unpaired) electrons. The van der Waals surface area contributed by atoms with Crippen molar-refractivity contribution in [3.63, 3.8) is 0 Å². The molecule has 0 amide bonds. The topological polar surface area (TPSA) is 98.0 Å². The fraction of sp³-hybridized carbons (Fsp3) is 0.905. The zero-order valence-corrected chi connectivity index (χ0v) is 21.4. The minimum Gasteiger partial charge on any atom is -0.481 e. The number of carbonyl (C=O) groups is 1. The third-order valence-electron chi connectivity index (χ3n) is 1.62. The van der Waals surface area contributed by atoms with Gasteiger partial charge in [0.2, 0.25) is 0 Å². The minimum atomic E-state index is -0.635. The molecule has 0 heterocycles. The molecule has 168 valence electrons. The molecule has 0 fully saturated rings. The molecule has 0 aromatic carbocycles. The Balaban J connectivity index is -0.0000000552. The maximum absolute atomic E-state index is 10.5. The van der Waals surface area contributed by atoms with Gasteiger partial charge in [-0.2, -0.15) is 20.8 Å². The average molecular weight is 429 g/mol. The zero-order valence-electron chi connectivity index (χ0n) is 19.8. The van der Waals surface area contributed by atoms with E-state index in [4.69, 9.17) is 20.4 Å². The van der Waals surface area contributed by atoms with Crippen LogP contribution in [0.5, 0.6) is 0 Å². The van der Waals surface area contributed by atoms with Crippen molar-refractivity contribution in [3.05, 3.63) is 5.92 Å². The normalized spacial score (nSPS) is 9.15. The maximum Gasteiger partial charge on any atom is 0.306 e. The summed E-state index contributed by atoms with van der Waals surface area (Å²) in [7, 11) is 0. The third-order valence-corrected chi connectivity index (χ3v) is 1.62. The average Bonchev–Trinajstić information content (AvgIpc) is 2.35. The van der Waals surface area contributed by atoms with Crippen LogP contribution in [0, 0.1) is 11.8 Å². The second-order valence-electron chi connectivity index (χ2n) is 7.39. The molecule has 5 nitrogen and oxygen atoms in total. The van der Waals surface area contributed by atoms with Gasteiger partial charge in [0.05, 0.1) is 5.92 Å². The molecule has 0 aliphatic rings. The van der Waals surface area contributed by atoms with E-state index in [0.717, 1.165) is 25.7 Å². The van der Waals surface area contributed by atoms with Gasteiger partial charge in [0.1, 0.15) is 0 Å². The molecule has 0 rings (SSSR count). The van der Waals surface area contributed by atoms with Gasteiger partial charge >= 0.3 is 5.97 Å². The monoisotopic (exact) mass is 429 g/mol. The molecular formula is C21H49O5Ti-. The van der Waals surface area contributed by atoms with E-state index in [0.29, 0.717) is 0 Å². The molecule has 0 saturated carbocycles. The Kier molecular flexibility index (Phi) is 51.6. The van der Waals surface area contributed by atoms with Crippen molar-refractivity contribution in [3.8, 4) is 0 Å². The van der Waals surface area contributed by atoms with Gasteiger partial charge in [-0.3, -0.25) is 4.79 Å². The summed E-state index contributed by atoms with van der Waals surface area (Å²) < 4.78 is 0. The van der Waals surface area contributed by atoms with Crippen LogP contribution >= 0.6 is 0 Å².